The maximum Gasteiger partial charge on any atom is 0.321 e. The van der Waals surface area contributed by atoms with Crippen LogP contribution in [0.5, 0.6) is 0 Å². The summed E-state index contributed by atoms with van der Waals surface area (Å²) in [5.74, 6) is 0.889. The molecule has 3 N–H and O–H groups in total. The number of anilines is 1. The summed E-state index contributed by atoms with van der Waals surface area (Å²) in [4.78, 5) is 11.3. The maximum absolute atomic E-state index is 11.3. The van der Waals surface area contributed by atoms with Crippen LogP contribution in [0.15, 0.2) is 16.5 Å². The molecule has 1 aromatic rings. The Labute approximate surface area is 92.2 Å². The maximum atomic E-state index is 11.3. The molecular formula is C9H12ClN3O2. The molecule has 0 aliphatic carbocycles. The summed E-state index contributed by atoms with van der Waals surface area (Å²) >= 11 is 5.56. The summed E-state index contributed by atoms with van der Waals surface area (Å²) in [6.45, 7) is 2.60. The summed E-state index contributed by atoms with van der Waals surface area (Å²) < 4.78 is 4.98. The fourth-order valence-electron chi connectivity index (χ4n) is 1.27. The van der Waals surface area contributed by atoms with Crippen LogP contribution >= 0.6 is 11.6 Å². The largest absolute Gasteiger partial charge is 0.429 e. The number of amides is 2. The van der Waals surface area contributed by atoms with E-state index in [4.69, 9.17) is 16.0 Å². The number of hydrogen-bond donors (Lipinski definition) is 3. The number of nitrogens with one attached hydrogen (secondary N) is 3. The Morgan fingerprint density at radius 1 is 1.60 bits per heavy atom. The van der Waals surface area contributed by atoms with E-state index in [1.54, 1.807) is 12.1 Å². The zero-order chi connectivity index (χ0) is 10.7. The quantitative estimate of drug-likeness (QED) is 0.732. The number of furan rings is 1. The number of rotatable bonds is 3. The molecule has 6 heteroatoms. The molecule has 0 aromatic carbocycles. The van der Waals surface area contributed by atoms with Crippen LogP contribution < -0.4 is 16.0 Å². The molecule has 1 aromatic heterocycles. The van der Waals surface area contributed by atoms with Crippen molar-refractivity contribution in [2.45, 2.75) is 0 Å². The highest BCUT2D eigenvalue weighted by Gasteiger charge is 2.17. The molecule has 0 spiro atoms. The van der Waals surface area contributed by atoms with Crippen molar-refractivity contribution in [3.05, 3.63) is 17.4 Å². The molecule has 1 aliphatic rings. The van der Waals surface area contributed by atoms with E-state index in [2.05, 4.69) is 16.0 Å². The molecule has 0 saturated carbocycles. The first-order valence-electron chi connectivity index (χ1n) is 4.75. The van der Waals surface area contributed by atoms with Gasteiger partial charge in [-0.05, 0) is 17.7 Å². The molecule has 2 heterocycles. The van der Waals surface area contributed by atoms with Crippen molar-refractivity contribution in [3.63, 3.8) is 0 Å². The van der Waals surface area contributed by atoms with Crippen molar-refractivity contribution in [2.75, 3.05) is 25.0 Å². The Balaban J connectivity index is 1.71. The fraction of sp³-hybridized carbons (Fsp3) is 0.444. The minimum absolute atomic E-state index is 0.258. The second-order valence-corrected chi connectivity index (χ2v) is 3.84. The Morgan fingerprint density at radius 3 is 2.93 bits per heavy atom. The van der Waals surface area contributed by atoms with Crippen LogP contribution in [0.3, 0.4) is 0 Å². The highest BCUT2D eigenvalue weighted by atomic mass is 35.5. The van der Waals surface area contributed by atoms with E-state index in [1.807, 2.05) is 0 Å². The zero-order valence-corrected chi connectivity index (χ0v) is 8.80. The third kappa shape index (κ3) is 2.87. The van der Waals surface area contributed by atoms with E-state index in [-0.39, 0.29) is 11.3 Å². The molecular weight excluding hydrogens is 218 g/mol. The molecule has 1 fully saturated rings. The number of carbonyl (C=O) groups is 1. The smallest absolute Gasteiger partial charge is 0.321 e. The minimum atomic E-state index is -0.270. The SMILES string of the molecule is O=C(NCC1CNC1)Nc1ccc(Cl)o1. The molecule has 1 aliphatic heterocycles. The fourth-order valence-corrected chi connectivity index (χ4v) is 1.41. The van der Waals surface area contributed by atoms with E-state index in [9.17, 15) is 4.79 Å². The minimum Gasteiger partial charge on any atom is -0.429 e. The van der Waals surface area contributed by atoms with Gasteiger partial charge < -0.3 is 15.1 Å². The van der Waals surface area contributed by atoms with Crippen LogP contribution in [0.2, 0.25) is 5.22 Å². The van der Waals surface area contributed by atoms with Gasteiger partial charge in [0.05, 0.1) is 0 Å². The summed E-state index contributed by atoms with van der Waals surface area (Å²) in [5, 5.41) is 8.68. The van der Waals surface area contributed by atoms with Gasteiger partial charge in [0.1, 0.15) is 0 Å². The zero-order valence-electron chi connectivity index (χ0n) is 8.05. The van der Waals surface area contributed by atoms with Gasteiger partial charge >= 0.3 is 6.03 Å². The van der Waals surface area contributed by atoms with Gasteiger partial charge in [-0.3, -0.25) is 5.32 Å². The van der Waals surface area contributed by atoms with Crippen LogP contribution in [0.1, 0.15) is 0 Å². The first-order chi connectivity index (χ1) is 7.24. The van der Waals surface area contributed by atoms with Gasteiger partial charge in [0.15, 0.2) is 5.22 Å². The van der Waals surface area contributed by atoms with Crippen LogP contribution in [-0.2, 0) is 0 Å². The molecule has 5 nitrogen and oxygen atoms in total. The third-order valence-electron chi connectivity index (χ3n) is 2.23. The summed E-state index contributed by atoms with van der Waals surface area (Å²) in [7, 11) is 0. The number of halogens is 1. The van der Waals surface area contributed by atoms with Crippen LogP contribution in [0, 0.1) is 5.92 Å². The molecule has 2 amide bonds. The van der Waals surface area contributed by atoms with Gasteiger partial charge in [0, 0.05) is 31.6 Å². The summed E-state index contributed by atoms with van der Waals surface area (Å²) in [6, 6.07) is 2.91. The highest BCUT2D eigenvalue weighted by molar-refractivity contribution is 6.29. The molecule has 15 heavy (non-hydrogen) atoms. The van der Waals surface area contributed by atoms with Gasteiger partial charge in [-0.15, -0.1) is 0 Å². The van der Waals surface area contributed by atoms with Crippen LogP contribution in [-0.4, -0.2) is 25.7 Å². The van der Waals surface area contributed by atoms with Crippen molar-refractivity contribution < 1.29 is 9.21 Å². The summed E-state index contributed by atoms with van der Waals surface area (Å²) in [6.07, 6.45) is 0. The Kier molecular flexibility index (Phi) is 3.13. The Bertz CT molecular complexity index is 349. The van der Waals surface area contributed by atoms with E-state index in [0.29, 0.717) is 18.3 Å². The third-order valence-corrected chi connectivity index (χ3v) is 2.43. The molecule has 0 radical (unpaired) electrons. The number of urea groups is 1. The highest BCUT2D eigenvalue weighted by Crippen LogP contribution is 2.17. The predicted molar refractivity (Wildman–Crippen MR) is 57.1 cm³/mol. The molecule has 82 valence electrons. The van der Waals surface area contributed by atoms with E-state index < -0.39 is 0 Å². The number of hydrogen-bond acceptors (Lipinski definition) is 3. The van der Waals surface area contributed by atoms with Crippen molar-refractivity contribution in [3.8, 4) is 0 Å². The Hall–Kier alpha value is -1.20. The van der Waals surface area contributed by atoms with Crippen molar-refractivity contribution in [2.24, 2.45) is 5.92 Å². The molecule has 0 atom stereocenters. The standard InChI is InChI=1S/C9H12ClN3O2/c10-7-1-2-8(15-7)13-9(14)12-5-6-3-11-4-6/h1-2,6,11H,3-5H2,(H2,12,13,14). The normalized spacial score (nSPS) is 15.8. The van der Waals surface area contributed by atoms with Crippen LogP contribution in [0.25, 0.3) is 0 Å². The summed E-state index contributed by atoms with van der Waals surface area (Å²) in [5.41, 5.74) is 0. The van der Waals surface area contributed by atoms with Gasteiger partial charge in [-0.1, -0.05) is 0 Å². The average molecular weight is 230 g/mol. The van der Waals surface area contributed by atoms with Gasteiger partial charge in [-0.2, -0.15) is 0 Å². The van der Waals surface area contributed by atoms with Crippen molar-refractivity contribution in [1.29, 1.82) is 0 Å². The van der Waals surface area contributed by atoms with Crippen molar-refractivity contribution in [1.82, 2.24) is 10.6 Å². The lowest BCUT2D eigenvalue weighted by atomic mass is 10.0. The molecule has 0 unspecified atom stereocenters. The average Bonchev–Trinajstić information content (AvgIpc) is 2.48. The molecule has 0 bridgehead atoms. The topological polar surface area (TPSA) is 66.3 Å². The van der Waals surface area contributed by atoms with Gasteiger partial charge in [-0.25, -0.2) is 4.79 Å². The van der Waals surface area contributed by atoms with E-state index in [1.165, 1.54) is 0 Å². The lowest BCUT2D eigenvalue weighted by molar-refractivity contribution is 0.246. The first kappa shape index (κ1) is 10.3. The van der Waals surface area contributed by atoms with E-state index in [0.717, 1.165) is 13.1 Å². The Morgan fingerprint density at radius 2 is 2.40 bits per heavy atom. The first-order valence-corrected chi connectivity index (χ1v) is 5.13. The van der Waals surface area contributed by atoms with Crippen molar-refractivity contribution >= 4 is 23.5 Å². The molecule has 1 saturated heterocycles. The van der Waals surface area contributed by atoms with Gasteiger partial charge in [0.2, 0.25) is 5.88 Å². The predicted octanol–water partition coefficient (Wildman–Crippen LogP) is 1.27. The van der Waals surface area contributed by atoms with Crippen LogP contribution in [0.4, 0.5) is 10.7 Å². The molecule has 2 rings (SSSR count). The van der Waals surface area contributed by atoms with Gasteiger partial charge in [0.25, 0.3) is 0 Å². The lowest BCUT2D eigenvalue weighted by Crippen LogP contribution is -2.48. The monoisotopic (exact) mass is 229 g/mol. The second kappa shape index (κ2) is 4.55. The second-order valence-electron chi connectivity index (χ2n) is 3.46. The van der Waals surface area contributed by atoms with E-state index >= 15 is 0 Å². The lowest BCUT2D eigenvalue weighted by Gasteiger charge is -2.26. The number of carbonyl (C=O) groups excluding carboxylic acids is 1.